The Morgan fingerprint density at radius 3 is 3.00 bits per heavy atom. The Labute approximate surface area is 90.7 Å². The van der Waals surface area contributed by atoms with E-state index >= 15 is 0 Å². The van der Waals surface area contributed by atoms with Crippen LogP contribution in [0, 0.1) is 3.57 Å². The fraction of sp³-hybridized carbons (Fsp3) is 0.364. The zero-order chi connectivity index (χ0) is 9.00. The van der Waals surface area contributed by atoms with E-state index in [0.717, 1.165) is 12.8 Å². The van der Waals surface area contributed by atoms with Crippen molar-refractivity contribution in [3.8, 4) is 0 Å². The van der Waals surface area contributed by atoms with Gasteiger partial charge < -0.3 is 0 Å². The summed E-state index contributed by atoms with van der Waals surface area (Å²) < 4.78 is 1.29. The largest absolute Gasteiger partial charge is 0.299 e. The van der Waals surface area contributed by atoms with Crippen molar-refractivity contribution in [1.29, 1.82) is 0 Å². The predicted octanol–water partition coefficient (Wildman–Crippen LogP) is 2.83. The average molecular weight is 284 g/mol. The van der Waals surface area contributed by atoms with Crippen LogP contribution in [0.5, 0.6) is 0 Å². The topological polar surface area (TPSA) is 17.1 Å². The van der Waals surface area contributed by atoms with Gasteiger partial charge >= 0.3 is 0 Å². The number of carbonyl (C=O) groups is 1. The van der Waals surface area contributed by atoms with Crippen molar-refractivity contribution in [2.75, 3.05) is 0 Å². The van der Waals surface area contributed by atoms with Crippen molar-refractivity contribution in [3.63, 3.8) is 0 Å². The van der Waals surface area contributed by atoms with Crippen LogP contribution in [0.15, 0.2) is 18.2 Å². The number of halogens is 1. The first-order chi connectivity index (χ1) is 6.25. The minimum absolute atomic E-state index is 0.247. The van der Waals surface area contributed by atoms with E-state index in [1.54, 1.807) is 0 Å². The second-order valence-corrected chi connectivity index (χ2v) is 5.17. The number of Topliss-reactive ketones (excluding diaryl/α,β-unsaturated/α-hetero) is 1. The van der Waals surface area contributed by atoms with E-state index < -0.39 is 0 Å². The third kappa shape index (κ3) is 1.01. The quantitative estimate of drug-likeness (QED) is 0.669. The summed E-state index contributed by atoms with van der Waals surface area (Å²) in [7, 11) is 0. The van der Waals surface area contributed by atoms with Crippen LogP contribution in [-0.4, -0.2) is 5.78 Å². The van der Waals surface area contributed by atoms with Gasteiger partial charge in [0.15, 0.2) is 0 Å². The van der Waals surface area contributed by atoms with Crippen LogP contribution in [0.25, 0.3) is 0 Å². The Bertz CT molecular complexity index is 397. The maximum atomic E-state index is 11.5. The lowest BCUT2D eigenvalue weighted by molar-refractivity contribution is -0.118. The number of ketones is 1. The van der Waals surface area contributed by atoms with Gasteiger partial charge in [0, 0.05) is 15.9 Å². The molecule has 0 aliphatic heterocycles. The lowest BCUT2D eigenvalue weighted by Gasteiger charge is -2.13. The van der Waals surface area contributed by atoms with E-state index in [4.69, 9.17) is 0 Å². The highest BCUT2D eigenvalue weighted by molar-refractivity contribution is 14.1. The summed E-state index contributed by atoms with van der Waals surface area (Å²) in [5, 5.41) is 0. The maximum absolute atomic E-state index is 11.5. The molecule has 2 aliphatic carbocycles. The molecule has 66 valence electrons. The van der Waals surface area contributed by atoms with Gasteiger partial charge in [-0.15, -0.1) is 0 Å². The fourth-order valence-electron chi connectivity index (χ4n) is 2.64. The molecule has 0 aromatic heterocycles. The highest BCUT2D eigenvalue weighted by atomic mass is 127. The summed E-state index contributed by atoms with van der Waals surface area (Å²) in [6.45, 7) is 0. The zero-order valence-electron chi connectivity index (χ0n) is 7.09. The molecule has 1 aromatic rings. The molecule has 1 fully saturated rings. The van der Waals surface area contributed by atoms with Crippen LogP contribution in [-0.2, 0) is 4.79 Å². The van der Waals surface area contributed by atoms with Gasteiger partial charge in [-0.1, -0.05) is 6.07 Å². The van der Waals surface area contributed by atoms with Crippen molar-refractivity contribution in [3.05, 3.63) is 32.9 Å². The molecule has 1 saturated carbocycles. The van der Waals surface area contributed by atoms with E-state index in [2.05, 4.69) is 40.8 Å². The molecule has 1 nitrogen and oxygen atoms in total. The third-order valence-electron chi connectivity index (χ3n) is 3.22. The summed E-state index contributed by atoms with van der Waals surface area (Å²) >= 11 is 2.33. The summed E-state index contributed by atoms with van der Waals surface area (Å²) in [5.41, 5.74) is 2.75. The highest BCUT2D eigenvalue weighted by Crippen LogP contribution is 2.51. The molecule has 2 atom stereocenters. The van der Waals surface area contributed by atoms with Gasteiger partial charge in [0.25, 0.3) is 0 Å². The van der Waals surface area contributed by atoms with Gasteiger partial charge in [-0.05, 0) is 58.2 Å². The number of fused-ring (bicyclic) bond motifs is 5. The van der Waals surface area contributed by atoms with Gasteiger partial charge in [-0.2, -0.15) is 0 Å². The van der Waals surface area contributed by atoms with E-state index in [1.165, 1.54) is 14.7 Å². The van der Waals surface area contributed by atoms with Gasteiger partial charge in [0.2, 0.25) is 0 Å². The van der Waals surface area contributed by atoms with Crippen LogP contribution in [0.3, 0.4) is 0 Å². The molecule has 0 amide bonds. The molecule has 2 heteroatoms. The maximum Gasteiger partial charge on any atom is 0.140 e. The van der Waals surface area contributed by atoms with Crippen molar-refractivity contribution < 1.29 is 4.79 Å². The van der Waals surface area contributed by atoms with E-state index in [0.29, 0.717) is 11.7 Å². The Morgan fingerprint density at radius 2 is 2.15 bits per heavy atom. The molecule has 0 saturated heterocycles. The number of rotatable bonds is 0. The van der Waals surface area contributed by atoms with Crippen LogP contribution in [0.1, 0.15) is 35.8 Å². The van der Waals surface area contributed by atoms with Crippen molar-refractivity contribution in [2.24, 2.45) is 0 Å². The molecule has 0 N–H and O–H groups in total. The summed E-state index contributed by atoms with van der Waals surface area (Å²) in [6.07, 6.45) is 1.87. The van der Waals surface area contributed by atoms with Crippen molar-refractivity contribution >= 4 is 28.4 Å². The summed E-state index contributed by atoms with van der Waals surface area (Å²) in [5.74, 6) is 1.25. The minimum Gasteiger partial charge on any atom is -0.299 e. The third-order valence-corrected chi connectivity index (χ3v) is 3.89. The number of hydrogen-bond acceptors (Lipinski definition) is 1. The zero-order valence-corrected chi connectivity index (χ0v) is 9.24. The van der Waals surface area contributed by atoms with Gasteiger partial charge in [-0.25, -0.2) is 0 Å². The average Bonchev–Trinajstić information content (AvgIpc) is 2.61. The summed E-state index contributed by atoms with van der Waals surface area (Å²) in [4.78, 5) is 11.5. The lowest BCUT2D eigenvalue weighted by atomic mass is 9.91. The smallest absolute Gasteiger partial charge is 0.140 e. The Kier molecular flexibility index (Phi) is 1.57. The highest BCUT2D eigenvalue weighted by Gasteiger charge is 2.42. The molecular weight excluding hydrogens is 275 g/mol. The molecule has 0 unspecified atom stereocenters. The van der Waals surface area contributed by atoms with Crippen molar-refractivity contribution in [1.82, 2.24) is 0 Å². The molecule has 3 rings (SSSR count). The van der Waals surface area contributed by atoms with Crippen LogP contribution in [0.2, 0.25) is 0 Å². The summed E-state index contributed by atoms with van der Waals surface area (Å²) in [6, 6.07) is 6.49. The van der Waals surface area contributed by atoms with E-state index in [1.807, 2.05) is 0 Å². The number of benzene rings is 1. The SMILES string of the molecule is O=C1C[C@@H]2C[C@H]1c1ccc(I)cc12. The van der Waals surface area contributed by atoms with E-state index in [-0.39, 0.29) is 5.92 Å². The predicted molar refractivity (Wildman–Crippen MR) is 58.9 cm³/mol. The molecular formula is C11H9IO. The second-order valence-electron chi connectivity index (χ2n) is 3.93. The Morgan fingerprint density at radius 1 is 1.31 bits per heavy atom. The normalized spacial score (nSPS) is 29.5. The first-order valence-electron chi connectivity index (χ1n) is 4.58. The van der Waals surface area contributed by atoms with Crippen LogP contribution >= 0.6 is 22.6 Å². The first-order valence-corrected chi connectivity index (χ1v) is 5.65. The Hall–Kier alpha value is -0.380. The van der Waals surface area contributed by atoms with Gasteiger partial charge in [0.05, 0.1) is 0 Å². The van der Waals surface area contributed by atoms with Gasteiger partial charge in [-0.3, -0.25) is 4.79 Å². The van der Waals surface area contributed by atoms with Crippen LogP contribution < -0.4 is 0 Å². The fourth-order valence-corrected chi connectivity index (χ4v) is 3.15. The Balaban J connectivity index is 2.21. The lowest BCUT2D eigenvalue weighted by Crippen LogP contribution is -2.08. The number of carbonyl (C=O) groups excluding carboxylic acids is 1. The second kappa shape index (κ2) is 2.56. The molecule has 13 heavy (non-hydrogen) atoms. The molecule has 1 aromatic carbocycles. The molecule has 2 bridgehead atoms. The number of hydrogen-bond donors (Lipinski definition) is 0. The monoisotopic (exact) mass is 284 g/mol. The molecule has 2 aliphatic rings. The van der Waals surface area contributed by atoms with E-state index in [9.17, 15) is 4.79 Å². The molecule has 0 heterocycles. The molecule has 0 spiro atoms. The van der Waals surface area contributed by atoms with Gasteiger partial charge in [0.1, 0.15) is 5.78 Å². The first kappa shape index (κ1) is 7.97. The van der Waals surface area contributed by atoms with Crippen LogP contribution in [0.4, 0.5) is 0 Å². The standard InChI is InChI=1S/C11H9IO/c12-7-1-2-8-9(5-7)6-3-10(8)11(13)4-6/h1-2,5-6,10H,3-4H2/t6-,10-/m0/s1. The van der Waals surface area contributed by atoms with Crippen molar-refractivity contribution in [2.45, 2.75) is 24.7 Å². The molecule has 0 radical (unpaired) electrons. The minimum atomic E-state index is 0.247.